The monoisotopic (exact) mass is 1230 g/mol. The molecular formula is C62H65N2NaO23. The number of aliphatic hydroxyl groups excluding tert-OH is 4. The summed E-state index contributed by atoms with van der Waals surface area (Å²) in [4.78, 5) is 125. The molecule has 2 amide bonds. The number of aliphatic hydroxyl groups is 5. The number of aliphatic carboxylic acids is 1. The van der Waals surface area contributed by atoms with E-state index in [1.54, 1.807) is 66.7 Å². The number of esters is 5. The first kappa shape index (κ1) is 66.5. The topological polar surface area (TPSA) is 376 Å². The summed E-state index contributed by atoms with van der Waals surface area (Å²) in [5.74, 6) is -10.6. The van der Waals surface area contributed by atoms with Crippen molar-refractivity contribution in [3.8, 4) is 0 Å². The molecule has 7 N–H and O–H groups in total. The molecule has 2 saturated carbocycles. The summed E-state index contributed by atoms with van der Waals surface area (Å²) in [5.41, 5.74) is -7.91. The molecule has 4 aromatic carbocycles. The van der Waals surface area contributed by atoms with Gasteiger partial charge in [0.05, 0.1) is 42.0 Å². The number of ketones is 1. The number of anilines is 1. The molecule has 2 heterocycles. The first-order chi connectivity index (χ1) is 41.1. The Morgan fingerprint density at radius 1 is 0.750 bits per heavy atom. The van der Waals surface area contributed by atoms with Gasteiger partial charge in [0.25, 0.3) is 5.91 Å². The summed E-state index contributed by atoms with van der Waals surface area (Å²) < 4.78 is 46.9. The maximum atomic E-state index is 15.9. The third kappa shape index (κ3) is 12.6. The van der Waals surface area contributed by atoms with E-state index in [1.165, 1.54) is 76.2 Å². The molecule has 462 valence electrons. The fraction of sp³-hybridized carbons (Fsp3) is 0.435. The van der Waals surface area contributed by atoms with Crippen molar-refractivity contribution in [2.45, 2.75) is 145 Å². The van der Waals surface area contributed by atoms with Crippen LogP contribution in [0.5, 0.6) is 0 Å². The second kappa shape index (κ2) is 26.3. The van der Waals surface area contributed by atoms with Crippen LogP contribution in [0.4, 0.5) is 10.5 Å². The average molecular weight is 1230 g/mol. The van der Waals surface area contributed by atoms with Gasteiger partial charge in [-0.3, -0.25) is 29.3 Å². The minimum absolute atomic E-state index is 0. The number of hydrogen-bond acceptors (Lipinski definition) is 23. The number of carboxylic acid groups (broad SMARTS) is 1. The van der Waals surface area contributed by atoms with Gasteiger partial charge in [-0.15, -0.1) is 0 Å². The van der Waals surface area contributed by atoms with Crippen molar-refractivity contribution in [2.75, 3.05) is 11.9 Å². The Morgan fingerprint density at radius 3 is 1.92 bits per heavy atom. The molecule has 2 saturated heterocycles. The van der Waals surface area contributed by atoms with Gasteiger partial charge in [-0.25, -0.2) is 14.4 Å². The molecule has 0 spiro atoms. The number of Topliss-reactive ketones (excluding diaryl/α,β-unsaturated/α-hetero) is 1. The molecule has 5 aliphatic rings. The molecule has 2 aliphatic heterocycles. The van der Waals surface area contributed by atoms with Crippen molar-refractivity contribution < 1.29 is 141 Å². The van der Waals surface area contributed by atoms with Gasteiger partial charge >= 0.3 is 65.5 Å². The smallest absolute Gasteiger partial charge is 0.547 e. The molecule has 4 aromatic rings. The summed E-state index contributed by atoms with van der Waals surface area (Å²) in [6, 6.07) is 27.2. The van der Waals surface area contributed by atoms with Gasteiger partial charge in [0.2, 0.25) is 12.4 Å². The Kier molecular flexibility index (Phi) is 19.9. The van der Waals surface area contributed by atoms with E-state index in [2.05, 4.69) is 10.6 Å². The van der Waals surface area contributed by atoms with Gasteiger partial charge in [-0.1, -0.05) is 92.7 Å². The fourth-order valence-corrected chi connectivity index (χ4v) is 12.7. The van der Waals surface area contributed by atoms with Crippen molar-refractivity contribution in [3.63, 3.8) is 0 Å². The molecule has 0 aromatic heterocycles. The summed E-state index contributed by atoms with van der Waals surface area (Å²) in [6.07, 6.45) is -23.9. The molecule has 88 heavy (non-hydrogen) atoms. The average Bonchev–Trinajstić information content (AvgIpc) is 0.703. The minimum atomic E-state index is -2.56. The number of amides is 2. The van der Waals surface area contributed by atoms with Crippen LogP contribution in [0.2, 0.25) is 0 Å². The van der Waals surface area contributed by atoms with Crippen molar-refractivity contribution in [3.05, 3.63) is 149 Å². The minimum Gasteiger partial charge on any atom is -0.547 e. The number of carbonyl (C=O) groups excluding carboxylic acids is 9. The van der Waals surface area contributed by atoms with Crippen molar-refractivity contribution >= 4 is 59.3 Å². The Hall–Kier alpha value is -7.43. The van der Waals surface area contributed by atoms with Crippen LogP contribution in [-0.4, -0.2) is 164 Å². The van der Waals surface area contributed by atoms with E-state index in [-0.39, 0.29) is 75.1 Å². The zero-order chi connectivity index (χ0) is 63.1. The van der Waals surface area contributed by atoms with Gasteiger partial charge < -0.3 is 78.6 Å². The number of carboxylic acids is 1. The molecule has 16 atom stereocenters. The second-order valence-corrected chi connectivity index (χ2v) is 22.9. The Morgan fingerprint density at radius 2 is 1.35 bits per heavy atom. The third-order valence-corrected chi connectivity index (χ3v) is 17.3. The Balaban J connectivity index is 0.0000100. The maximum absolute atomic E-state index is 15.9. The van der Waals surface area contributed by atoms with Gasteiger partial charge in [0.15, 0.2) is 17.5 Å². The van der Waals surface area contributed by atoms with Gasteiger partial charge in [0.1, 0.15) is 54.4 Å². The van der Waals surface area contributed by atoms with E-state index in [1.807, 2.05) is 0 Å². The second-order valence-electron chi connectivity index (χ2n) is 22.9. The summed E-state index contributed by atoms with van der Waals surface area (Å²) >= 11 is 0. The molecule has 25 nitrogen and oxygen atoms in total. The summed E-state index contributed by atoms with van der Waals surface area (Å²) in [6.45, 7) is 7.56. The maximum Gasteiger partial charge on any atom is 1.00 e. The fourth-order valence-electron chi connectivity index (χ4n) is 12.7. The van der Waals surface area contributed by atoms with Crippen LogP contribution in [0.15, 0.2) is 126 Å². The van der Waals surface area contributed by atoms with Crippen molar-refractivity contribution in [1.29, 1.82) is 0 Å². The SMILES string of the molecule is CC(=O)O[C@H]1C(=O)[C@@]2(C)[C@H]([C@H](OC(=O)c3ccccc3)[C@]3(O)C[C@H](OC(=O)[C@H](OC(=O)Cc4ccc(NC(=O)O[C@@H]5O[C@H](C(=O)[O-])[C@@H](O)[C@H](O)[C@H]5O)cc4)[C@@H](NC(=O)c4ccccc4)c4ccccc4)C(C)=C1C3(C)C)[C@]1(OC(C)=O)CO[C@@H]1C[C@@H]2O.[Na+]. The number of carbonyl (C=O) groups is 9. The van der Waals surface area contributed by atoms with Crippen LogP contribution in [-0.2, 0) is 73.1 Å². The molecular weight excluding hydrogens is 1160 g/mol. The zero-order valence-electron chi connectivity index (χ0n) is 48.9. The van der Waals surface area contributed by atoms with Crippen LogP contribution in [0.1, 0.15) is 92.3 Å². The van der Waals surface area contributed by atoms with E-state index < -0.39 is 174 Å². The first-order valence-corrected chi connectivity index (χ1v) is 27.8. The summed E-state index contributed by atoms with van der Waals surface area (Å²) in [5, 5.41) is 73.3. The predicted octanol–water partition coefficient (Wildman–Crippen LogP) is -1.36. The van der Waals surface area contributed by atoms with Gasteiger partial charge in [-0.2, -0.15) is 0 Å². The number of nitrogens with one attached hydrogen (secondary N) is 2. The van der Waals surface area contributed by atoms with Crippen molar-refractivity contribution in [1.82, 2.24) is 5.32 Å². The van der Waals surface area contributed by atoms with Gasteiger partial charge in [0, 0.05) is 43.4 Å². The van der Waals surface area contributed by atoms with Gasteiger partial charge in [-0.05, 0) is 72.5 Å². The molecule has 3 aliphatic carbocycles. The number of fused-ring (bicyclic) bond motifs is 5. The molecule has 0 unspecified atom stereocenters. The van der Waals surface area contributed by atoms with Crippen LogP contribution < -0.4 is 45.3 Å². The number of ether oxygens (including phenoxy) is 8. The van der Waals surface area contributed by atoms with E-state index in [0.29, 0.717) is 0 Å². The largest absolute Gasteiger partial charge is 1.00 e. The van der Waals surface area contributed by atoms with E-state index >= 15 is 9.59 Å². The third-order valence-electron chi connectivity index (χ3n) is 17.3. The quantitative estimate of drug-likeness (QED) is 0.0295. The Bertz CT molecular complexity index is 3350. The number of rotatable bonds is 16. The first-order valence-electron chi connectivity index (χ1n) is 27.8. The van der Waals surface area contributed by atoms with E-state index in [9.17, 15) is 64.2 Å². The predicted molar refractivity (Wildman–Crippen MR) is 294 cm³/mol. The Labute approximate surface area is 525 Å². The standard InChI is InChI=1S/C62H66N2O23.Na/c1-30-38(28-62(79)52(85-55(76)36-20-14-9-15-21-36)50-60(6,39(67)27-40-61(50,29-80-40)87-32(3)66)51(72)47(81-31(2)65)42(30)59(62,4)5)82-56(77)48(43(34-16-10-7-11-17-34)64-53(73)35-18-12-8-13-19-35)83-41(68)26-33-22-24-37(25-23-33)63-58(78)86-57-46(71)44(69)45(70)49(84-57)54(74)75;/h7-25,38-40,43-50,52,57,67,69-71,79H,26-29H2,1-6H3,(H,63,78)(H,64,73)(H,74,75);/q;+1/p-1/t38-,39-,40+,43-,44-,45-,46+,47+,48+,49-,50-,52-,57-,60+,61-,62+;/m0./s1. The number of hydrogen-bond donors (Lipinski definition) is 7. The van der Waals surface area contributed by atoms with E-state index in [0.717, 1.165) is 13.8 Å². The summed E-state index contributed by atoms with van der Waals surface area (Å²) in [7, 11) is 0. The van der Waals surface area contributed by atoms with Crippen LogP contribution in [0, 0.1) is 16.7 Å². The zero-order valence-corrected chi connectivity index (χ0v) is 50.9. The molecule has 2 bridgehead atoms. The normalized spacial score (nSPS) is 30.8. The van der Waals surface area contributed by atoms with E-state index in [4.69, 9.17) is 37.9 Å². The van der Waals surface area contributed by atoms with Crippen molar-refractivity contribution in [2.24, 2.45) is 16.7 Å². The van der Waals surface area contributed by atoms with Crippen LogP contribution in [0.25, 0.3) is 0 Å². The molecule has 26 heteroatoms. The van der Waals surface area contributed by atoms with Crippen LogP contribution >= 0.6 is 0 Å². The number of benzene rings is 4. The molecule has 4 fully saturated rings. The molecule has 0 radical (unpaired) electrons. The molecule has 9 rings (SSSR count). The van der Waals surface area contributed by atoms with Crippen LogP contribution in [0.3, 0.4) is 0 Å².